The van der Waals surface area contributed by atoms with E-state index < -0.39 is 48.3 Å². The Morgan fingerprint density at radius 1 is 0.508 bits per heavy atom. The van der Waals surface area contributed by atoms with Gasteiger partial charge in [0.05, 0.1) is 6.61 Å². The normalized spacial score (nSPS) is 16.7. The lowest BCUT2D eigenvalue weighted by Gasteiger charge is -2.28. The number of esters is 4. The molecule has 1 aliphatic heterocycles. The number of hydrogen-bond acceptors (Lipinski definition) is 9. The van der Waals surface area contributed by atoms with Crippen LogP contribution in [-0.4, -0.2) is 81.4 Å². The van der Waals surface area contributed by atoms with Crippen LogP contribution in [0.1, 0.15) is 47.9 Å². The molecule has 8 aromatic rings. The summed E-state index contributed by atoms with van der Waals surface area (Å²) in [5, 5.41) is 4.03. The van der Waals surface area contributed by atoms with Gasteiger partial charge in [-0.2, -0.15) is 0 Å². The highest BCUT2D eigenvalue weighted by Gasteiger charge is 2.48. The van der Waals surface area contributed by atoms with E-state index in [-0.39, 0.29) is 38.9 Å². The molecule has 1 aliphatic rings. The Hall–Kier alpha value is -7.12. The number of carbonyl (C=O) groups excluding carboxylic acids is 4. The van der Waals surface area contributed by atoms with Gasteiger partial charge in [-0.15, -0.1) is 0 Å². The molecule has 13 heteroatoms. The van der Waals surface area contributed by atoms with Crippen LogP contribution in [0.3, 0.4) is 0 Å². The van der Waals surface area contributed by atoms with Gasteiger partial charge in [-0.3, -0.25) is 19.2 Å². The van der Waals surface area contributed by atoms with Crippen LogP contribution in [0.5, 0.6) is 0 Å². The van der Waals surface area contributed by atoms with Crippen molar-refractivity contribution in [2.24, 2.45) is 0 Å². The van der Waals surface area contributed by atoms with Crippen molar-refractivity contribution >= 4 is 67.5 Å². The lowest BCUT2D eigenvalue weighted by molar-refractivity contribution is -0.179. The van der Waals surface area contributed by atoms with Crippen molar-refractivity contribution in [1.82, 2.24) is 19.9 Å². The molecule has 0 saturated carbocycles. The number of fused-ring (bicyclic) bond motifs is 4. The van der Waals surface area contributed by atoms with E-state index >= 15 is 0 Å². The Morgan fingerprint density at radius 2 is 0.889 bits per heavy atom. The highest BCUT2D eigenvalue weighted by molar-refractivity contribution is 5.86. The molecule has 5 heterocycles. The van der Waals surface area contributed by atoms with Crippen LogP contribution in [0, 0.1) is 0 Å². The first kappa shape index (κ1) is 41.2. The summed E-state index contributed by atoms with van der Waals surface area (Å²) in [6.07, 6.45) is 4.76. The molecule has 0 spiro atoms. The fourth-order valence-electron chi connectivity index (χ4n) is 8.58. The standard InChI is InChI=1S/C50H48N4O9/c55-45(21-17-31-25-51-39-13-5-1-9-35(31)39)59-29-43(61-46(56)22-18-32-26-52-40-14-6-2-10-36(32)40)49-50(63-48(58)24-20-34-28-54-42-16-8-4-12-38(34)42)44(30-60-49)62-47(57)23-19-33-27-53-41-15-7-3-11-37(33)41/h1-16,25-28,43-44,49-54H,17-24,29-30H2/t43?,44-,49+,50+/m0/s1. The smallest absolute Gasteiger partial charge is 0.306 e. The van der Waals surface area contributed by atoms with Gasteiger partial charge in [0.1, 0.15) is 12.7 Å². The molecule has 0 amide bonds. The van der Waals surface area contributed by atoms with Crippen LogP contribution in [-0.2, 0) is 68.5 Å². The van der Waals surface area contributed by atoms with Gasteiger partial charge < -0.3 is 43.6 Å². The minimum atomic E-state index is -1.20. The molecule has 4 atom stereocenters. The summed E-state index contributed by atoms with van der Waals surface area (Å²) in [6, 6.07) is 31.3. The fourth-order valence-corrected chi connectivity index (χ4v) is 8.58. The van der Waals surface area contributed by atoms with Gasteiger partial charge in [-0.25, -0.2) is 0 Å². The van der Waals surface area contributed by atoms with Crippen molar-refractivity contribution in [2.45, 2.75) is 75.8 Å². The van der Waals surface area contributed by atoms with Gasteiger partial charge in [-0.05, 0) is 72.2 Å². The Bertz CT molecular complexity index is 2890. The zero-order chi connectivity index (χ0) is 43.1. The van der Waals surface area contributed by atoms with E-state index in [2.05, 4.69) is 19.9 Å². The number of hydrogen-bond donors (Lipinski definition) is 4. The summed E-state index contributed by atoms with van der Waals surface area (Å²) in [5.41, 5.74) is 7.67. The molecule has 4 aromatic carbocycles. The molecule has 4 N–H and O–H groups in total. The van der Waals surface area contributed by atoms with E-state index in [1.807, 2.05) is 122 Å². The minimum Gasteiger partial charge on any atom is -0.462 e. The second kappa shape index (κ2) is 18.9. The van der Waals surface area contributed by atoms with Crippen molar-refractivity contribution in [3.63, 3.8) is 0 Å². The van der Waals surface area contributed by atoms with E-state index in [0.29, 0.717) is 25.7 Å². The Balaban J connectivity index is 0.916. The van der Waals surface area contributed by atoms with E-state index in [0.717, 1.165) is 65.9 Å². The number of H-pyrrole nitrogens is 4. The Kier molecular flexibility index (Phi) is 12.4. The SMILES string of the molecule is O=C(CCc1c[nH]c2ccccc12)OCC(OC(=O)CCc1c[nH]c2ccccc12)[C@H]1OC[C@H](OC(=O)CCc2c[nH]c3ccccc23)[C@H]1OC(=O)CCc1c[nH]c2ccccc12. The van der Waals surface area contributed by atoms with Crippen molar-refractivity contribution in [2.75, 3.05) is 13.2 Å². The van der Waals surface area contributed by atoms with E-state index in [1.165, 1.54) is 0 Å². The van der Waals surface area contributed by atoms with Crippen LogP contribution >= 0.6 is 0 Å². The summed E-state index contributed by atoms with van der Waals surface area (Å²) in [6.45, 7) is -0.511. The summed E-state index contributed by atoms with van der Waals surface area (Å²) in [5.74, 6) is -2.14. The van der Waals surface area contributed by atoms with E-state index in [9.17, 15) is 19.2 Å². The summed E-state index contributed by atoms with van der Waals surface area (Å²) in [4.78, 5) is 67.1. The first-order chi connectivity index (χ1) is 30.9. The van der Waals surface area contributed by atoms with Gasteiger partial charge in [0.25, 0.3) is 0 Å². The minimum absolute atomic E-state index is 0.0148. The molecule has 1 unspecified atom stereocenters. The molecule has 0 bridgehead atoms. The summed E-state index contributed by atoms with van der Waals surface area (Å²) in [7, 11) is 0. The summed E-state index contributed by atoms with van der Waals surface area (Å²) >= 11 is 0. The van der Waals surface area contributed by atoms with Crippen molar-refractivity contribution in [3.05, 3.63) is 144 Å². The average molecular weight is 849 g/mol. The predicted octanol–water partition coefficient (Wildman–Crippen LogP) is 8.12. The van der Waals surface area contributed by atoms with Crippen LogP contribution in [0.2, 0.25) is 0 Å². The molecular formula is C50H48N4O9. The number of rotatable bonds is 18. The number of benzene rings is 4. The third-order valence-electron chi connectivity index (χ3n) is 11.8. The van der Waals surface area contributed by atoms with Crippen LogP contribution in [0.4, 0.5) is 0 Å². The Labute approximate surface area is 362 Å². The average Bonchev–Trinajstić information content (AvgIpc) is 4.16. The number of aromatic nitrogens is 4. The largest absolute Gasteiger partial charge is 0.462 e. The monoisotopic (exact) mass is 848 g/mol. The molecule has 1 fully saturated rings. The highest BCUT2D eigenvalue weighted by atomic mass is 16.7. The quantitative estimate of drug-likeness (QED) is 0.0491. The van der Waals surface area contributed by atoms with Crippen molar-refractivity contribution < 1.29 is 42.9 Å². The molecule has 0 aliphatic carbocycles. The number of carbonyl (C=O) groups is 4. The van der Waals surface area contributed by atoms with E-state index in [1.54, 1.807) is 0 Å². The third kappa shape index (κ3) is 9.53. The van der Waals surface area contributed by atoms with Crippen molar-refractivity contribution in [1.29, 1.82) is 0 Å². The fraction of sp³-hybridized carbons (Fsp3) is 0.280. The van der Waals surface area contributed by atoms with Gasteiger partial charge in [0.15, 0.2) is 18.3 Å². The molecule has 13 nitrogen and oxygen atoms in total. The maximum atomic E-state index is 13.7. The number of ether oxygens (including phenoxy) is 5. The zero-order valence-electron chi connectivity index (χ0n) is 34.6. The second-order valence-corrected chi connectivity index (χ2v) is 15.9. The number of aromatic amines is 4. The number of nitrogens with one attached hydrogen (secondary N) is 4. The van der Waals surface area contributed by atoms with Gasteiger partial charge >= 0.3 is 23.9 Å². The van der Waals surface area contributed by atoms with Gasteiger partial charge in [0.2, 0.25) is 0 Å². The molecule has 322 valence electrons. The maximum absolute atomic E-state index is 13.7. The van der Waals surface area contributed by atoms with E-state index in [4.69, 9.17) is 23.7 Å². The van der Waals surface area contributed by atoms with Crippen LogP contribution in [0.25, 0.3) is 43.6 Å². The van der Waals surface area contributed by atoms with Crippen molar-refractivity contribution in [3.8, 4) is 0 Å². The topological polar surface area (TPSA) is 178 Å². The molecular weight excluding hydrogens is 801 g/mol. The zero-order valence-corrected chi connectivity index (χ0v) is 34.6. The summed E-state index contributed by atoms with van der Waals surface area (Å²) < 4.78 is 30.2. The lowest BCUT2D eigenvalue weighted by Crippen LogP contribution is -2.47. The molecule has 4 aromatic heterocycles. The Morgan fingerprint density at radius 3 is 1.33 bits per heavy atom. The first-order valence-corrected chi connectivity index (χ1v) is 21.4. The molecule has 0 radical (unpaired) electrons. The lowest BCUT2D eigenvalue weighted by atomic mass is 10.0. The maximum Gasteiger partial charge on any atom is 0.306 e. The molecule has 1 saturated heterocycles. The molecule has 63 heavy (non-hydrogen) atoms. The molecule has 9 rings (SSSR count). The van der Waals surface area contributed by atoms with Gasteiger partial charge in [0, 0.05) is 94.1 Å². The van der Waals surface area contributed by atoms with Gasteiger partial charge in [-0.1, -0.05) is 72.8 Å². The van der Waals surface area contributed by atoms with Crippen LogP contribution < -0.4 is 0 Å². The number of aryl methyl sites for hydroxylation is 4. The predicted molar refractivity (Wildman–Crippen MR) is 237 cm³/mol. The second-order valence-electron chi connectivity index (χ2n) is 15.9. The van der Waals surface area contributed by atoms with Crippen LogP contribution in [0.15, 0.2) is 122 Å². The third-order valence-corrected chi connectivity index (χ3v) is 11.8. The highest BCUT2D eigenvalue weighted by Crippen LogP contribution is 2.29. The number of para-hydroxylation sites is 4. The first-order valence-electron chi connectivity index (χ1n) is 21.4.